The first-order valence-electron chi connectivity index (χ1n) is 7.91. The second-order valence-corrected chi connectivity index (χ2v) is 5.70. The predicted octanol–water partition coefficient (Wildman–Crippen LogP) is 1.81. The van der Waals surface area contributed by atoms with Crippen molar-refractivity contribution in [3.8, 4) is 5.75 Å². The van der Waals surface area contributed by atoms with Crippen LogP contribution in [0.25, 0.3) is 0 Å². The van der Waals surface area contributed by atoms with Crippen molar-refractivity contribution in [3.05, 3.63) is 29.8 Å². The molecule has 0 unspecified atom stereocenters. The van der Waals surface area contributed by atoms with Crippen LogP contribution in [0.2, 0.25) is 0 Å². The summed E-state index contributed by atoms with van der Waals surface area (Å²) in [6.45, 7) is 5.81. The van der Waals surface area contributed by atoms with Gasteiger partial charge in [0, 0.05) is 38.7 Å². The van der Waals surface area contributed by atoms with Crippen LogP contribution in [0, 0.1) is 0 Å². The Balaban J connectivity index is 1.59. The summed E-state index contributed by atoms with van der Waals surface area (Å²) in [5.74, 6) is 1.08. The molecule has 0 bridgehead atoms. The van der Waals surface area contributed by atoms with E-state index in [9.17, 15) is 4.79 Å². The largest absolute Gasteiger partial charge is 0.497 e. The summed E-state index contributed by atoms with van der Waals surface area (Å²) < 4.78 is 10.7. The Morgan fingerprint density at radius 3 is 2.82 bits per heavy atom. The molecular formula is C17H26N2O3. The van der Waals surface area contributed by atoms with Gasteiger partial charge in [-0.2, -0.15) is 0 Å². The van der Waals surface area contributed by atoms with Crippen LogP contribution in [0.5, 0.6) is 5.75 Å². The van der Waals surface area contributed by atoms with Crippen molar-refractivity contribution in [1.82, 2.24) is 10.2 Å². The molecule has 1 N–H and O–H groups in total. The van der Waals surface area contributed by atoms with Gasteiger partial charge in [0.1, 0.15) is 5.75 Å². The third-order valence-corrected chi connectivity index (χ3v) is 3.83. The van der Waals surface area contributed by atoms with Crippen LogP contribution in [0.4, 0.5) is 0 Å². The third-order valence-electron chi connectivity index (χ3n) is 3.83. The Bertz CT molecular complexity index is 461. The van der Waals surface area contributed by atoms with Gasteiger partial charge in [-0.3, -0.25) is 4.79 Å². The first kappa shape index (κ1) is 16.8. The highest BCUT2D eigenvalue weighted by Gasteiger charge is 2.19. The van der Waals surface area contributed by atoms with Crippen LogP contribution in [0.1, 0.15) is 25.3 Å². The van der Waals surface area contributed by atoms with Crippen molar-refractivity contribution in [3.63, 3.8) is 0 Å². The highest BCUT2D eigenvalue weighted by Crippen LogP contribution is 2.12. The molecule has 5 nitrogen and oxygen atoms in total. The Morgan fingerprint density at radius 2 is 2.14 bits per heavy atom. The number of hydrogen-bond acceptors (Lipinski definition) is 4. The summed E-state index contributed by atoms with van der Waals surface area (Å²) in [5, 5.41) is 3.34. The van der Waals surface area contributed by atoms with Crippen LogP contribution >= 0.6 is 0 Å². The zero-order valence-corrected chi connectivity index (χ0v) is 13.5. The van der Waals surface area contributed by atoms with Gasteiger partial charge in [0.05, 0.1) is 13.7 Å². The van der Waals surface area contributed by atoms with Crippen molar-refractivity contribution >= 4 is 5.91 Å². The van der Waals surface area contributed by atoms with Crippen LogP contribution < -0.4 is 10.1 Å². The molecule has 1 atom stereocenters. The highest BCUT2D eigenvalue weighted by atomic mass is 16.5. The van der Waals surface area contributed by atoms with Gasteiger partial charge >= 0.3 is 0 Å². The van der Waals surface area contributed by atoms with E-state index >= 15 is 0 Å². The Morgan fingerprint density at radius 1 is 1.36 bits per heavy atom. The maximum atomic E-state index is 12.1. The smallest absolute Gasteiger partial charge is 0.222 e. The molecule has 1 aliphatic rings. The molecule has 122 valence electrons. The van der Waals surface area contributed by atoms with Crippen molar-refractivity contribution < 1.29 is 14.3 Å². The highest BCUT2D eigenvalue weighted by molar-refractivity contribution is 5.76. The molecule has 1 aromatic carbocycles. The molecule has 1 heterocycles. The standard InChI is InChI=1S/C17H26N2O3/c1-14-12-19(10-9-18-14)17(20)4-3-11-22-13-15-5-7-16(21-2)8-6-15/h5-8,14,18H,3-4,9-13H2,1-2H3/t14-/m1/s1. The van der Waals surface area contributed by atoms with E-state index in [1.54, 1.807) is 7.11 Å². The number of carbonyl (C=O) groups is 1. The summed E-state index contributed by atoms with van der Waals surface area (Å²) >= 11 is 0. The second-order valence-electron chi connectivity index (χ2n) is 5.70. The summed E-state index contributed by atoms with van der Waals surface area (Å²) in [4.78, 5) is 14.0. The third kappa shape index (κ3) is 5.31. The van der Waals surface area contributed by atoms with Gasteiger partial charge in [0.15, 0.2) is 0 Å². The van der Waals surface area contributed by atoms with Gasteiger partial charge in [-0.1, -0.05) is 12.1 Å². The lowest BCUT2D eigenvalue weighted by Gasteiger charge is -2.32. The van der Waals surface area contributed by atoms with Crippen molar-refractivity contribution in [2.24, 2.45) is 0 Å². The fraction of sp³-hybridized carbons (Fsp3) is 0.588. The molecule has 22 heavy (non-hydrogen) atoms. The normalized spacial score (nSPS) is 18.3. The lowest BCUT2D eigenvalue weighted by molar-refractivity contribution is -0.132. The van der Waals surface area contributed by atoms with E-state index in [0.29, 0.717) is 25.7 Å². The summed E-state index contributed by atoms with van der Waals surface area (Å²) in [7, 11) is 1.65. The molecule has 2 rings (SSSR count). The number of hydrogen-bond donors (Lipinski definition) is 1. The maximum absolute atomic E-state index is 12.1. The van der Waals surface area contributed by atoms with E-state index in [4.69, 9.17) is 9.47 Å². The summed E-state index contributed by atoms with van der Waals surface area (Å²) in [6.07, 6.45) is 1.34. The molecule has 1 aliphatic heterocycles. The van der Waals surface area contributed by atoms with Crippen molar-refractivity contribution in [1.29, 1.82) is 0 Å². The number of benzene rings is 1. The van der Waals surface area contributed by atoms with E-state index in [0.717, 1.165) is 37.4 Å². The van der Waals surface area contributed by atoms with Crippen LogP contribution in [-0.4, -0.2) is 50.2 Å². The van der Waals surface area contributed by atoms with Crippen molar-refractivity contribution in [2.45, 2.75) is 32.4 Å². The first-order chi connectivity index (χ1) is 10.7. The van der Waals surface area contributed by atoms with E-state index in [-0.39, 0.29) is 5.91 Å². The quantitative estimate of drug-likeness (QED) is 0.781. The minimum atomic E-state index is 0.237. The number of methoxy groups -OCH3 is 1. The number of amides is 1. The number of nitrogens with zero attached hydrogens (tertiary/aromatic N) is 1. The molecule has 1 aromatic rings. The number of rotatable bonds is 7. The minimum Gasteiger partial charge on any atom is -0.497 e. The summed E-state index contributed by atoms with van der Waals surface area (Å²) in [5.41, 5.74) is 1.11. The van der Waals surface area contributed by atoms with E-state index in [1.807, 2.05) is 29.2 Å². The SMILES string of the molecule is COc1ccc(COCCCC(=O)N2CCN[C@H](C)C2)cc1. The van der Waals surface area contributed by atoms with Crippen LogP contribution in [0.15, 0.2) is 24.3 Å². The first-order valence-corrected chi connectivity index (χ1v) is 7.91. The summed E-state index contributed by atoms with van der Waals surface area (Å²) in [6, 6.07) is 8.23. The molecular weight excluding hydrogens is 280 g/mol. The number of nitrogens with one attached hydrogen (secondary N) is 1. The Hall–Kier alpha value is -1.59. The van der Waals surface area contributed by atoms with Gasteiger partial charge in [-0.05, 0) is 31.0 Å². The molecule has 0 radical (unpaired) electrons. The average Bonchev–Trinajstić information content (AvgIpc) is 2.55. The lowest BCUT2D eigenvalue weighted by atomic mass is 10.2. The van der Waals surface area contributed by atoms with Gasteiger partial charge in [0.2, 0.25) is 5.91 Å². The Labute approximate surface area is 132 Å². The zero-order chi connectivity index (χ0) is 15.8. The topological polar surface area (TPSA) is 50.8 Å². The van der Waals surface area contributed by atoms with Crippen LogP contribution in [0.3, 0.4) is 0 Å². The predicted molar refractivity (Wildman–Crippen MR) is 85.9 cm³/mol. The lowest BCUT2D eigenvalue weighted by Crippen LogP contribution is -2.51. The second kappa shape index (κ2) is 8.76. The fourth-order valence-corrected chi connectivity index (χ4v) is 2.55. The zero-order valence-electron chi connectivity index (χ0n) is 13.5. The van der Waals surface area contributed by atoms with Gasteiger partial charge in [-0.25, -0.2) is 0 Å². The van der Waals surface area contributed by atoms with E-state index < -0.39 is 0 Å². The van der Waals surface area contributed by atoms with Crippen LogP contribution in [-0.2, 0) is 16.1 Å². The molecule has 5 heteroatoms. The molecule has 1 amide bonds. The number of ether oxygens (including phenoxy) is 2. The number of carbonyl (C=O) groups excluding carboxylic acids is 1. The monoisotopic (exact) mass is 306 g/mol. The maximum Gasteiger partial charge on any atom is 0.222 e. The van der Waals surface area contributed by atoms with Gasteiger partial charge in [-0.15, -0.1) is 0 Å². The average molecular weight is 306 g/mol. The molecule has 0 aromatic heterocycles. The van der Waals surface area contributed by atoms with Crippen molar-refractivity contribution in [2.75, 3.05) is 33.4 Å². The number of piperazine rings is 1. The minimum absolute atomic E-state index is 0.237. The van der Waals surface area contributed by atoms with E-state index in [2.05, 4.69) is 12.2 Å². The molecule has 1 saturated heterocycles. The van der Waals surface area contributed by atoms with Gasteiger partial charge < -0.3 is 19.7 Å². The molecule has 1 fully saturated rings. The Kier molecular flexibility index (Phi) is 6.68. The van der Waals surface area contributed by atoms with Gasteiger partial charge in [0.25, 0.3) is 0 Å². The fourth-order valence-electron chi connectivity index (χ4n) is 2.55. The molecule has 0 spiro atoms. The van der Waals surface area contributed by atoms with E-state index in [1.165, 1.54) is 0 Å². The molecule has 0 saturated carbocycles. The molecule has 0 aliphatic carbocycles.